The van der Waals surface area contributed by atoms with Crippen LogP contribution in [-0.4, -0.2) is 25.7 Å². The lowest BCUT2D eigenvalue weighted by molar-refractivity contribution is 0.316. The van der Waals surface area contributed by atoms with Crippen LogP contribution in [0.2, 0.25) is 0 Å². The quantitative estimate of drug-likeness (QED) is 0.758. The van der Waals surface area contributed by atoms with Crippen molar-refractivity contribution in [1.82, 2.24) is 5.32 Å². The first kappa shape index (κ1) is 14.3. The second-order valence-corrected chi connectivity index (χ2v) is 4.87. The predicted octanol–water partition coefficient (Wildman–Crippen LogP) is 3.24. The maximum atomic E-state index is 13.7. The van der Waals surface area contributed by atoms with E-state index in [2.05, 4.69) is 11.6 Å². The van der Waals surface area contributed by atoms with Crippen molar-refractivity contribution >= 4 is 11.8 Å². The fourth-order valence-corrected chi connectivity index (χ4v) is 1.90. The van der Waals surface area contributed by atoms with Gasteiger partial charge in [-0.3, -0.25) is 0 Å². The van der Waals surface area contributed by atoms with Crippen LogP contribution >= 0.6 is 11.8 Å². The summed E-state index contributed by atoms with van der Waals surface area (Å²) in [5.74, 6) is 1.46. The van der Waals surface area contributed by atoms with Crippen molar-refractivity contribution in [3.05, 3.63) is 29.6 Å². The molecule has 1 atom stereocenters. The van der Waals surface area contributed by atoms with Crippen LogP contribution < -0.4 is 10.1 Å². The van der Waals surface area contributed by atoms with Gasteiger partial charge in [-0.1, -0.05) is 6.07 Å². The van der Waals surface area contributed by atoms with Crippen molar-refractivity contribution in [2.24, 2.45) is 0 Å². The smallest absolute Gasteiger partial charge is 0.131 e. The minimum absolute atomic E-state index is 0.0144. The van der Waals surface area contributed by atoms with E-state index in [0.717, 1.165) is 12.2 Å². The van der Waals surface area contributed by atoms with E-state index in [-0.39, 0.29) is 11.9 Å². The Bertz CT molecular complexity index is 346. The third kappa shape index (κ3) is 4.56. The van der Waals surface area contributed by atoms with Crippen LogP contribution in [0.15, 0.2) is 18.2 Å². The number of nitrogens with one attached hydrogen (secondary N) is 1. The zero-order valence-electron chi connectivity index (χ0n) is 10.6. The molecule has 0 spiro atoms. The zero-order valence-corrected chi connectivity index (χ0v) is 11.4. The maximum absolute atomic E-state index is 13.7. The fourth-order valence-electron chi connectivity index (χ4n) is 1.50. The van der Waals surface area contributed by atoms with Gasteiger partial charge in [0.2, 0.25) is 0 Å². The Hall–Kier alpha value is -0.740. The topological polar surface area (TPSA) is 21.3 Å². The van der Waals surface area contributed by atoms with E-state index in [4.69, 9.17) is 4.74 Å². The molecule has 1 aromatic carbocycles. The van der Waals surface area contributed by atoms with Crippen LogP contribution in [0.5, 0.6) is 5.75 Å². The Morgan fingerprint density at radius 3 is 2.82 bits per heavy atom. The van der Waals surface area contributed by atoms with E-state index in [1.54, 1.807) is 17.8 Å². The Labute approximate surface area is 107 Å². The average Bonchev–Trinajstić information content (AvgIpc) is 2.34. The summed E-state index contributed by atoms with van der Waals surface area (Å²) in [6.45, 7) is 2.57. The number of hydrogen-bond donors (Lipinski definition) is 1. The lowest BCUT2D eigenvalue weighted by Gasteiger charge is -2.13. The highest BCUT2D eigenvalue weighted by Crippen LogP contribution is 2.21. The molecule has 0 amide bonds. The van der Waals surface area contributed by atoms with Gasteiger partial charge in [0, 0.05) is 17.7 Å². The van der Waals surface area contributed by atoms with Crippen LogP contribution in [0.4, 0.5) is 4.39 Å². The SMILES string of the molecule is CNC(C)c1ccc(OCCCSC)cc1F. The van der Waals surface area contributed by atoms with Gasteiger partial charge in [0.05, 0.1) is 6.61 Å². The first-order valence-electron chi connectivity index (χ1n) is 5.77. The van der Waals surface area contributed by atoms with Gasteiger partial charge in [-0.2, -0.15) is 11.8 Å². The molecule has 1 rings (SSSR count). The molecule has 1 aromatic rings. The van der Waals surface area contributed by atoms with E-state index in [1.807, 2.05) is 20.0 Å². The standard InChI is InChI=1S/C13H20FNOS/c1-10(15-2)12-6-5-11(9-13(12)14)16-7-4-8-17-3/h5-6,9-10,15H,4,7-8H2,1-3H3. The summed E-state index contributed by atoms with van der Waals surface area (Å²) >= 11 is 1.79. The number of halogens is 1. The molecule has 2 nitrogen and oxygen atoms in total. The van der Waals surface area contributed by atoms with Crippen LogP contribution in [0, 0.1) is 5.82 Å². The Morgan fingerprint density at radius 1 is 1.47 bits per heavy atom. The van der Waals surface area contributed by atoms with Crippen molar-refractivity contribution in [2.45, 2.75) is 19.4 Å². The largest absolute Gasteiger partial charge is 0.493 e. The molecular formula is C13H20FNOS. The minimum atomic E-state index is -0.214. The monoisotopic (exact) mass is 257 g/mol. The molecule has 1 N–H and O–H groups in total. The summed E-state index contributed by atoms with van der Waals surface area (Å²) < 4.78 is 19.2. The van der Waals surface area contributed by atoms with Gasteiger partial charge < -0.3 is 10.1 Å². The molecule has 96 valence electrons. The van der Waals surface area contributed by atoms with Gasteiger partial charge in [0.15, 0.2) is 0 Å². The third-order valence-corrected chi connectivity index (χ3v) is 3.33. The molecule has 0 fully saturated rings. The van der Waals surface area contributed by atoms with Gasteiger partial charge in [-0.15, -0.1) is 0 Å². The number of rotatable bonds is 7. The van der Waals surface area contributed by atoms with Gasteiger partial charge in [0.25, 0.3) is 0 Å². The van der Waals surface area contributed by atoms with E-state index < -0.39 is 0 Å². The molecule has 0 saturated carbocycles. The Morgan fingerprint density at radius 2 is 2.24 bits per heavy atom. The van der Waals surface area contributed by atoms with Gasteiger partial charge >= 0.3 is 0 Å². The van der Waals surface area contributed by atoms with Crippen molar-refractivity contribution in [3.63, 3.8) is 0 Å². The van der Waals surface area contributed by atoms with Crippen LogP contribution in [-0.2, 0) is 0 Å². The first-order chi connectivity index (χ1) is 8.19. The van der Waals surface area contributed by atoms with Gasteiger partial charge in [-0.25, -0.2) is 4.39 Å². The number of ether oxygens (including phenoxy) is 1. The van der Waals surface area contributed by atoms with Gasteiger partial charge in [-0.05, 0) is 38.5 Å². The molecule has 0 bridgehead atoms. The second-order valence-electron chi connectivity index (χ2n) is 3.89. The lowest BCUT2D eigenvalue weighted by atomic mass is 10.1. The molecule has 17 heavy (non-hydrogen) atoms. The molecule has 0 radical (unpaired) electrons. The maximum Gasteiger partial charge on any atom is 0.131 e. The van der Waals surface area contributed by atoms with E-state index in [9.17, 15) is 4.39 Å². The molecule has 0 aliphatic rings. The fraction of sp³-hybridized carbons (Fsp3) is 0.538. The summed E-state index contributed by atoms with van der Waals surface area (Å²) in [5, 5.41) is 3.02. The van der Waals surface area contributed by atoms with Crippen molar-refractivity contribution in [1.29, 1.82) is 0 Å². The van der Waals surface area contributed by atoms with Crippen LogP contribution in [0.3, 0.4) is 0 Å². The average molecular weight is 257 g/mol. The third-order valence-electron chi connectivity index (χ3n) is 2.63. The van der Waals surface area contributed by atoms with Crippen molar-refractivity contribution in [2.75, 3.05) is 25.7 Å². The molecule has 0 aliphatic carbocycles. The Kier molecular flexibility index (Phi) is 6.37. The second kappa shape index (κ2) is 7.56. The van der Waals surface area contributed by atoms with E-state index in [1.165, 1.54) is 6.07 Å². The molecule has 1 unspecified atom stereocenters. The highest BCUT2D eigenvalue weighted by molar-refractivity contribution is 7.98. The van der Waals surface area contributed by atoms with Crippen molar-refractivity contribution in [3.8, 4) is 5.75 Å². The molecular weight excluding hydrogens is 237 g/mol. The highest BCUT2D eigenvalue weighted by Gasteiger charge is 2.09. The molecule has 0 aromatic heterocycles. The summed E-state index contributed by atoms with van der Waals surface area (Å²) in [5.41, 5.74) is 0.670. The molecule has 0 heterocycles. The van der Waals surface area contributed by atoms with Crippen LogP contribution in [0.1, 0.15) is 24.9 Å². The number of hydrogen-bond acceptors (Lipinski definition) is 3. The summed E-state index contributed by atoms with van der Waals surface area (Å²) in [6, 6.07) is 5.08. The van der Waals surface area contributed by atoms with Gasteiger partial charge in [0.1, 0.15) is 11.6 Å². The summed E-state index contributed by atoms with van der Waals surface area (Å²) in [4.78, 5) is 0. The summed E-state index contributed by atoms with van der Waals surface area (Å²) in [6.07, 6.45) is 3.05. The number of thioether (sulfide) groups is 1. The highest BCUT2D eigenvalue weighted by atomic mass is 32.2. The van der Waals surface area contributed by atoms with Crippen molar-refractivity contribution < 1.29 is 9.13 Å². The van der Waals surface area contributed by atoms with E-state index in [0.29, 0.717) is 17.9 Å². The minimum Gasteiger partial charge on any atom is -0.493 e. The predicted molar refractivity (Wildman–Crippen MR) is 72.4 cm³/mol. The summed E-state index contributed by atoms with van der Waals surface area (Å²) in [7, 11) is 1.82. The zero-order chi connectivity index (χ0) is 12.7. The molecule has 0 saturated heterocycles. The Balaban J connectivity index is 2.56. The van der Waals surface area contributed by atoms with E-state index >= 15 is 0 Å². The molecule has 0 aliphatic heterocycles. The first-order valence-corrected chi connectivity index (χ1v) is 7.17. The normalized spacial score (nSPS) is 12.5. The lowest BCUT2D eigenvalue weighted by Crippen LogP contribution is -2.13. The number of benzene rings is 1. The van der Waals surface area contributed by atoms with Crippen LogP contribution in [0.25, 0.3) is 0 Å². The molecule has 4 heteroatoms.